The van der Waals surface area contributed by atoms with Gasteiger partial charge in [-0.3, -0.25) is 14.9 Å². The Labute approximate surface area is 109 Å². The number of morpholine rings is 1. The molecule has 1 aromatic heterocycles. The van der Waals surface area contributed by atoms with Crippen LogP contribution in [-0.2, 0) is 11.8 Å². The van der Waals surface area contributed by atoms with Crippen molar-refractivity contribution in [3.8, 4) is 0 Å². The molecule has 2 heterocycles. The molecular formula is C11H16N4O4. The molecule has 1 saturated heterocycles. The van der Waals surface area contributed by atoms with E-state index in [1.807, 2.05) is 0 Å². The molecule has 2 rings (SSSR count). The predicted molar refractivity (Wildman–Crippen MR) is 66.8 cm³/mol. The second-order valence-electron chi connectivity index (χ2n) is 4.43. The van der Waals surface area contributed by atoms with Gasteiger partial charge >= 0.3 is 0 Å². The maximum atomic E-state index is 12.3. The fourth-order valence-electron chi connectivity index (χ4n) is 2.07. The van der Waals surface area contributed by atoms with Crippen LogP contribution in [-0.4, -0.2) is 52.6 Å². The molecule has 1 amide bonds. The van der Waals surface area contributed by atoms with E-state index in [9.17, 15) is 14.9 Å². The fraction of sp³-hybridized carbons (Fsp3) is 0.545. The van der Waals surface area contributed by atoms with Gasteiger partial charge in [0.05, 0.1) is 23.8 Å². The normalized spacial score (nSPS) is 19.5. The highest BCUT2D eigenvalue weighted by molar-refractivity contribution is 5.93. The average molecular weight is 268 g/mol. The van der Waals surface area contributed by atoms with Gasteiger partial charge in [0.25, 0.3) is 11.6 Å². The number of nitrogens with two attached hydrogens (primary N) is 1. The van der Waals surface area contributed by atoms with Crippen LogP contribution >= 0.6 is 0 Å². The minimum atomic E-state index is -0.515. The fourth-order valence-corrected chi connectivity index (χ4v) is 2.07. The van der Waals surface area contributed by atoms with Gasteiger partial charge in [0.1, 0.15) is 5.69 Å². The van der Waals surface area contributed by atoms with Crippen molar-refractivity contribution in [3.63, 3.8) is 0 Å². The Balaban J connectivity index is 2.17. The van der Waals surface area contributed by atoms with Crippen LogP contribution in [0.15, 0.2) is 12.3 Å². The second-order valence-corrected chi connectivity index (χ2v) is 4.43. The lowest BCUT2D eigenvalue weighted by molar-refractivity contribution is -0.384. The number of nitrogens with zero attached hydrogens (tertiary/aromatic N) is 3. The number of carbonyl (C=O) groups is 1. The second kappa shape index (κ2) is 5.37. The quantitative estimate of drug-likeness (QED) is 0.600. The summed E-state index contributed by atoms with van der Waals surface area (Å²) >= 11 is 0. The third-order valence-corrected chi connectivity index (χ3v) is 3.11. The molecule has 104 valence electrons. The lowest BCUT2D eigenvalue weighted by atomic mass is 10.2. The van der Waals surface area contributed by atoms with Crippen LogP contribution in [0.25, 0.3) is 0 Å². The van der Waals surface area contributed by atoms with E-state index in [0.717, 1.165) is 0 Å². The van der Waals surface area contributed by atoms with Crippen LogP contribution in [0.3, 0.4) is 0 Å². The molecular weight excluding hydrogens is 252 g/mol. The Morgan fingerprint density at radius 1 is 1.68 bits per heavy atom. The minimum Gasteiger partial charge on any atom is -0.373 e. The summed E-state index contributed by atoms with van der Waals surface area (Å²) in [4.78, 5) is 24.1. The number of hydrogen-bond donors (Lipinski definition) is 1. The number of rotatable bonds is 3. The first-order valence-electron chi connectivity index (χ1n) is 5.94. The predicted octanol–water partition coefficient (Wildman–Crippen LogP) is -0.267. The van der Waals surface area contributed by atoms with Crippen LogP contribution in [0.4, 0.5) is 5.69 Å². The zero-order chi connectivity index (χ0) is 14.0. The van der Waals surface area contributed by atoms with Crippen LogP contribution in [0.2, 0.25) is 0 Å². The van der Waals surface area contributed by atoms with Gasteiger partial charge in [0.2, 0.25) is 0 Å². The molecule has 1 aliphatic heterocycles. The van der Waals surface area contributed by atoms with E-state index < -0.39 is 4.92 Å². The number of amides is 1. The number of hydrogen-bond acceptors (Lipinski definition) is 5. The van der Waals surface area contributed by atoms with Gasteiger partial charge in [-0.05, 0) is 0 Å². The zero-order valence-corrected chi connectivity index (χ0v) is 10.6. The summed E-state index contributed by atoms with van der Waals surface area (Å²) in [6.07, 6.45) is 1.15. The summed E-state index contributed by atoms with van der Waals surface area (Å²) in [6, 6.07) is 1.29. The SMILES string of the molecule is Cn1cc([N+](=O)[O-])cc1C(=O)N1CCOC(CN)C1. The molecule has 19 heavy (non-hydrogen) atoms. The van der Waals surface area contributed by atoms with E-state index >= 15 is 0 Å². The van der Waals surface area contributed by atoms with Gasteiger partial charge < -0.3 is 19.9 Å². The van der Waals surface area contributed by atoms with E-state index in [0.29, 0.717) is 31.9 Å². The molecule has 1 aliphatic rings. The molecule has 0 saturated carbocycles. The summed E-state index contributed by atoms with van der Waals surface area (Å²) in [5.74, 6) is -0.239. The number of ether oxygens (including phenoxy) is 1. The van der Waals surface area contributed by atoms with Gasteiger partial charge in [0.15, 0.2) is 0 Å². The molecule has 1 atom stereocenters. The molecule has 2 N–H and O–H groups in total. The van der Waals surface area contributed by atoms with Gasteiger partial charge in [-0.2, -0.15) is 0 Å². The van der Waals surface area contributed by atoms with E-state index in [1.54, 1.807) is 11.9 Å². The summed E-state index contributed by atoms with van der Waals surface area (Å²) < 4.78 is 6.85. The van der Waals surface area contributed by atoms with Crippen molar-refractivity contribution >= 4 is 11.6 Å². The molecule has 1 unspecified atom stereocenters. The van der Waals surface area contributed by atoms with E-state index in [2.05, 4.69) is 0 Å². The molecule has 0 radical (unpaired) electrons. The third-order valence-electron chi connectivity index (χ3n) is 3.11. The van der Waals surface area contributed by atoms with Crippen molar-refractivity contribution in [2.75, 3.05) is 26.2 Å². The van der Waals surface area contributed by atoms with Crippen LogP contribution in [0.1, 0.15) is 10.5 Å². The standard InChI is InChI=1S/C11H16N4O4/c1-13-6-8(15(17)18)4-10(13)11(16)14-2-3-19-9(5-12)7-14/h4,6,9H,2-3,5,7,12H2,1H3. The van der Waals surface area contributed by atoms with Crippen LogP contribution in [0, 0.1) is 10.1 Å². The molecule has 0 spiro atoms. The largest absolute Gasteiger partial charge is 0.373 e. The van der Waals surface area contributed by atoms with Gasteiger partial charge in [-0.1, -0.05) is 0 Å². The summed E-state index contributed by atoms with van der Waals surface area (Å²) in [5, 5.41) is 10.7. The Kier molecular flexibility index (Phi) is 3.82. The molecule has 0 bridgehead atoms. The van der Waals surface area contributed by atoms with E-state index in [1.165, 1.54) is 16.8 Å². The lowest BCUT2D eigenvalue weighted by Gasteiger charge is -2.32. The molecule has 8 nitrogen and oxygen atoms in total. The Bertz CT molecular complexity index is 499. The smallest absolute Gasteiger partial charge is 0.287 e. The van der Waals surface area contributed by atoms with E-state index in [4.69, 9.17) is 10.5 Å². The van der Waals surface area contributed by atoms with Crippen molar-refractivity contribution < 1.29 is 14.5 Å². The Hall–Kier alpha value is -1.93. The average Bonchev–Trinajstić information content (AvgIpc) is 2.80. The Morgan fingerprint density at radius 3 is 3.00 bits per heavy atom. The molecule has 1 aromatic rings. The number of aryl methyl sites for hydroxylation is 1. The molecule has 1 fully saturated rings. The highest BCUT2D eigenvalue weighted by atomic mass is 16.6. The Morgan fingerprint density at radius 2 is 2.42 bits per heavy atom. The zero-order valence-electron chi connectivity index (χ0n) is 10.6. The topological polar surface area (TPSA) is 104 Å². The monoisotopic (exact) mass is 268 g/mol. The molecule has 0 aliphatic carbocycles. The summed E-state index contributed by atoms with van der Waals surface area (Å²) in [6.45, 7) is 1.65. The van der Waals surface area contributed by atoms with Crippen molar-refractivity contribution in [2.45, 2.75) is 6.10 Å². The van der Waals surface area contributed by atoms with Gasteiger partial charge in [-0.15, -0.1) is 0 Å². The van der Waals surface area contributed by atoms with Gasteiger partial charge in [0, 0.05) is 32.7 Å². The highest BCUT2D eigenvalue weighted by Crippen LogP contribution is 2.18. The van der Waals surface area contributed by atoms with Crippen LogP contribution < -0.4 is 5.73 Å². The maximum Gasteiger partial charge on any atom is 0.287 e. The number of nitro groups is 1. The molecule has 8 heteroatoms. The first-order valence-corrected chi connectivity index (χ1v) is 5.94. The summed E-state index contributed by atoms with van der Waals surface area (Å²) in [5.41, 5.74) is 5.73. The van der Waals surface area contributed by atoms with Crippen molar-refractivity contribution in [1.82, 2.24) is 9.47 Å². The first-order chi connectivity index (χ1) is 9.02. The van der Waals surface area contributed by atoms with Crippen LogP contribution in [0.5, 0.6) is 0 Å². The van der Waals surface area contributed by atoms with Gasteiger partial charge in [-0.25, -0.2) is 0 Å². The number of carbonyl (C=O) groups excluding carboxylic acids is 1. The van der Waals surface area contributed by atoms with E-state index in [-0.39, 0.29) is 17.7 Å². The maximum absolute atomic E-state index is 12.3. The van der Waals surface area contributed by atoms with Crippen molar-refractivity contribution in [2.24, 2.45) is 12.8 Å². The van der Waals surface area contributed by atoms with Crippen molar-refractivity contribution in [3.05, 3.63) is 28.1 Å². The number of aromatic nitrogens is 1. The minimum absolute atomic E-state index is 0.0884. The van der Waals surface area contributed by atoms with Crippen molar-refractivity contribution in [1.29, 1.82) is 0 Å². The third kappa shape index (κ3) is 2.74. The lowest BCUT2D eigenvalue weighted by Crippen LogP contribution is -2.48. The summed E-state index contributed by atoms with van der Waals surface area (Å²) in [7, 11) is 1.61. The highest BCUT2D eigenvalue weighted by Gasteiger charge is 2.27. The first kappa shape index (κ1) is 13.5. The molecule has 0 aromatic carbocycles.